The van der Waals surface area contributed by atoms with Gasteiger partial charge in [-0.15, -0.1) is 0 Å². The monoisotopic (exact) mass is 473 g/mol. The van der Waals surface area contributed by atoms with Gasteiger partial charge < -0.3 is 10.2 Å². The maximum atomic E-state index is 13.5. The number of anilines is 1. The summed E-state index contributed by atoms with van der Waals surface area (Å²) in [6.45, 7) is 9.76. The van der Waals surface area contributed by atoms with E-state index >= 15 is 0 Å². The number of hydrogen-bond acceptors (Lipinski definition) is 4. The Kier molecular flexibility index (Phi) is 9.05. The Morgan fingerprint density at radius 3 is 2.12 bits per heavy atom. The zero-order valence-electron chi connectivity index (χ0n) is 20.3. The van der Waals surface area contributed by atoms with E-state index in [1.54, 1.807) is 25.1 Å². The molecular formula is C25H35N3O4S. The van der Waals surface area contributed by atoms with Crippen molar-refractivity contribution >= 4 is 27.5 Å². The zero-order chi connectivity index (χ0) is 24.8. The van der Waals surface area contributed by atoms with Crippen molar-refractivity contribution < 1.29 is 18.0 Å². The highest BCUT2D eigenvalue weighted by Crippen LogP contribution is 2.20. The third kappa shape index (κ3) is 7.89. The lowest BCUT2D eigenvalue weighted by molar-refractivity contribution is -0.139. The highest BCUT2D eigenvalue weighted by molar-refractivity contribution is 7.92. The second-order valence-corrected chi connectivity index (χ2v) is 10.8. The summed E-state index contributed by atoms with van der Waals surface area (Å²) in [6.07, 6.45) is 1.08. The first-order chi connectivity index (χ1) is 15.4. The molecule has 33 heavy (non-hydrogen) atoms. The molecule has 0 saturated carbocycles. The van der Waals surface area contributed by atoms with Gasteiger partial charge in [0, 0.05) is 13.1 Å². The van der Waals surface area contributed by atoms with Crippen LogP contribution in [0.25, 0.3) is 0 Å². The van der Waals surface area contributed by atoms with E-state index in [0.717, 1.165) is 27.3 Å². The number of rotatable bonds is 10. The molecule has 0 aliphatic heterocycles. The smallest absolute Gasteiger partial charge is 0.244 e. The molecular weight excluding hydrogens is 438 g/mol. The second kappa shape index (κ2) is 11.3. The number of benzene rings is 2. The maximum absolute atomic E-state index is 13.5. The molecule has 1 atom stereocenters. The van der Waals surface area contributed by atoms with E-state index < -0.39 is 28.5 Å². The normalized spacial score (nSPS) is 12.3. The highest BCUT2D eigenvalue weighted by Gasteiger charge is 2.30. The minimum Gasteiger partial charge on any atom is -0.354 e. The van der Waals surface area contributed by atoms with Gasteiger partial charge in [0.1, 0.15) is 12.6 Å². The number of amides is 2. The van der Waals surface area contributed by atoms with Gasteiger partial charge in [0.05, 0.1) is 11.9 Å². The molecule has 2 aromatic carbocycles. The van der Waals surface area contributed by atoms with E-state index in [1.165, 1.54) is 4.90 Å². The van der Waals surface area contributed by atoms with Crippen LogP contribution in [0.2, 0.25) is 0 Å². The van der Waals surface area contributed by atoms with E-state index in [1.807, 2.05) is 58.0 Å². The molecule has 0 saturated heterocycles. The predicted molar refractivity (Wildman–Crippen MR) is 132 cm³/mol. The molecule has 0 aliphatic rings. The van der Waals surface area contributed by atoms with Crippen molar-refractivity contribution in [3.05, 3.63) is 65.2 Å². The summed E-state index contributed by atoms with van der Waals surface area (Å²) >= 11 is 0. The van der Waals surface area contributed by atoms with Crippen LogP contribution in [-0.4, -0.2) is 50.5 Å². The van der Waals surface area contributed by atoms with Crippen LogP contribution in [0.15, 0.2) is 48.5 Å². The number of carbonyl (C=O) groups is 2. The molecule has 0 aliphatic carbocycles. The highest BCUT2D eigenvalue weighted by atomic mass is 32.2. The molecule has 8 heteroatoms. The van der Waals surface area contributed by atoms with Gasteiger partial charge >= 0.3 is 0 Å². The Bertz CT molecular complexity index is 1080. The summed E-state index contributed by atoms with van der Waals surface area (Å²) in [6, 6.07) is 13.9. The van der Waals surface area contributed by atoms with Crippen LogP contribution in [0.3, 0.4) is 0 Å². The van der Waals surface area contributed by atoms with Gasteiger partial charge in [-0.25, -0.2) is 8.42 Å². The minimum absolute atomic E-state index is 0.197. The van der Waals surface area contributed by atoms with Crippen LogP contribution in [0.4, 0.5) is 5.69 Å². The standard InChI is InChI=1S/C25H35N3O4S/c1-18(2)15-26-25(30)21(5)27(16-22-11-7-9-19(3)13-22)24(29)17-28(33(6,31)32)23-12-8-10-20(4)14-23/h7-14,18,21H,15-17H2,1-6H3,(H,26,30)/t21-/m0/s1. The van der Waals surface area contributed by atoms with Crippen LogP contribution in [0.5, 0.6) is 0 Å². The number of sulfonamides is 1. The molecule has 0 fully saturated rings. The quantitative estimate of drug-likeness (QED) is 0.574. The Hall–Kier alpha value is -2.87. The minimum atomic E-state index is -3.73. The molecule has 0 aromatic heterocycles. The van der Waals surface area contributed by atoms with Gasteiger partial charge in [0.15, 0.2) is 0 Å². The van der Waals surface area contributed by atoms with Gasteiger partial charge in [-0.05, 0) is 49.9 Å². The topological polar surface area (TPSA) is 86.8 Å². The van der Waals surface area contributed by atoms with Crippen molar-refractivity contribution in [2.45, 2.75) is 47.2 Å². The largest absolute Gasteiger partial charge is 0.354 e. The number of nitrogens with one attached hydrogen (secondary N) is 1. The average Bonchev–Trinajstić information content (AvgIpc) is 2.72. The second-order valence-electron chi connectivity index (χ2n) is 8.93. The molecule has 0 radical (unpaired) electrons. The predicted octanol–water partition coefficient (Wildman–Crippen LogP) is 3.26. The molecule has 0 bridgehead atoms. The number of carbonyl (C=O) groups excluding carboxylic acids is 2. The van der Waals surface area contributed by atoms with E-state index in [0.29, 0.717) is 12.2 Å². The van der Waals surface area contributed by atoms with Crippen LogP contribution in [0, 0.1) is 19.8 Å². The fraction of sp³-hybridized carbons (Fsp3) is 0.440. The lowest BCUT2D eigenvalue weighted by Gasteiger charge is -2.31. The van der Waals surface area contributed by atoms with E-state index in [-0.39, 0.29) is 18.4 Å². The summed E-state index contributed by atoms with van der Waals surface area (Å²) < 4.78 is 26.2. The summed E-state index contributed by atoms with van der Waals surface area (Å²) in [4.78, 5) is 27.7. The molecule has 0 heterocycles. The molecule has 2 amide bonds. The first-order valence-corrected chi connectivity index (χ1v) is 12.9. The Morgan fingerprint density at radius 1 is 0.970 bits per heavy atom. The van der Waals surface area contributed by atoms with Gasteiger partial charge in [-0.3, -0.25) is 13.9 Å². The Morgan fingerprint density at radius 2 is 1.58 bits per heavy atom. The van der Waals surface area contributed by atoms with Gasteiger partial charge in [-0.1, -0.05) is 55.8 Å². The van der Waals surface area contributed by atoms with Crippen molar-refractivity contribution in [1.82, 2.24) is 10.2 Å². The van der Waals surface area contributed by atoms with E-state index in [4.69, 9.17) is 0 Å². The molecule has 0 spiro atoms. The van der Waals surface area contributed by atoms with Gasteiger partial charge in [0.2, 0.25) is 21.8 Å². The lowest BCUT2D eigenvalue weighted by Crippen LogP contribution is -2.51. The van der Waals surface area contributed by atoms with Crippen molar-refractivity contribution in [2.75, 3.05) is 23.7 Å². The Labute approximate surface area is 197 Å². The summed E-state index contributed by atoms with van der Waals surface area (Å²) in [5.74, 6) is -0.453. The Balaban J connectivity index is 2.36. The third-order valence-corrected chi connectivity index (χ3v) is 6.40. The number of nitrogens with zero attached hydrogens (tertiary/aromatic N) is 2. The van der Waals surface area contributed by atoms with Crippen molar-refractivity contribution in [3.63, 3.8) is 0 Å². The molecule has 180 valence electrons. The van der Waals surface area contributed by atoms with Crippen LogP contribution in [0.1, 0.15) is 37.5 Å². The van der Waals surface area contributed by atoms with Crippen molar-refractivity contribution in [2.24, 2.45) is 5.92 Å². The van der Waals surface area contributed by atoms with Crippen molar-refractivity contribution in [3.8, 4) is 0 Å². The molecule has 2 aromatic rings. The lowest BCUT2D eigenvalue weighted by atomic mass is 10.1. The molecule has 0 unspecified atom stereocenters. The van der Waals surface area contributed by atoms with Crippen molar-refractivity contribution in [1.29, 1.82) is 0 Å². The SMILES string of the molecule is Cc1cccc(CN(C(=O)CN(c2cccc(C)c2)S(C)(=O)=O)[C@@H](C)C(=O)NCC(C)C)c1. The zero-order valence-corrected chi connectivity index (χ0v) is 21.1. The first kappa shape index (κ1) is 26.4. The molecule has 2 rings (SSSR count). The van der Waals surface area contributed by atoms with Gasteiger partial charge in [-0.2, -0.15) is 0 Å². The van der Waals surface area contributed by atoms with Crippen LogP contribution < -0.4 is 9.62 Å². The summed E-state index contributed by atoms with van der Waals surface area (Å²) in [5, 5.41) is 2.87. The number of hydrogen-bond donors (Lipinski definition) is 1. The van der Waals surface area contributed by atoms with Crippen LogP contribution >= 0.6 is 0 Å². The van der Waals surface area contributed by atoms with Gasteiger partial charge in [0.25, 0.3) is 0 Å². The van der Waals surface area contributed by atoms with E-state index in [9.17, 15) is 18.0 Å². The number of aryl methyl sites for hydroxylation is 2. The molecule has 7 nitrogen and oxygen atoms in total. The maximum Gasteiger partial charge on any atom is 0.244 e. The summed E-state index contributed by atoms with van der Waals surface area (Å²) in [7, 11) is -3.73. The third-order valence-electron chi connectivity index (χ3n) is 5.26. The average molecular weight is 474 g/mol. The first-order valence-electron chi connectivity index (χ1n) is 11.1. The summed E-state index contributed by atoms with van der Waals surface area (Å²) in [5.41, 5.74) is 3.20. The van der Waals surface area contributed by atoms with E-state index in [2.05, 4.69) is 5.32 Å². The fourth-order valence-corrected chi connectivity index (χ4v) is 4.28. The molecule has 1 N–H and O–H groups in total. The van der Waals surface area contributed by atoms with Crippen LogP contribution in [-0.2, 0) is 26.2 Å². The fourth-order valence-electron chi connectivity index (χ4n) is 3.44.